The number of nitrogens with one attached hydrogen (secondary N) is 1. The maximum Gasteiger partial charge on any atom is 0.255 e. The van der Waals surface area contributed by atoms with Crippen molar-refractivity contribution in [3.8, 4) is 16.9 Å². The van der Waals surface area contributed by atoms with Gasteiger partial charge < -0.3 is 20.7 Å². The molecule has 6 rings (SSSR count). The van der Waals surface area contributed by atoms with Crippen LogP contribution in [0.3, 0.4) is 0 Å². The van der Waals surface area contributed by atoms with Gasteiger partial charge in [-0.1, -0.05) is 30.3 Å². The Hall–Kier alpha value is -4.10. The molecule has 7 heteroatoms. The van der Waals surface area contributed by atoms with E-state index in [0.717, 1.165) is 78.2 Å². The first-order valence-electron chi connectivity index (χ1n) is 14.3. The summed E-state index contributed by atoms with van der Waals surface area (Å²) >= 11 is 0. The van der Waals surface area contributed by atoms with Gasteiger partial charge in [-0.2, -0.15) is 0 Å². The van der Waals surface area contributed by atoms with Crippen molar-refractivity contribution in [2.45, 2.75) is 38.3 Å². The maximum absolute atomic E-state index is 14.2. The van der Waals surface area contributed by atoms with Crippen molar-refractivity contribution in [1.29, 1.82) is 0 Å². The summed E-state index contributed by atoms with van der Waals surface area (Å²) in [7, 11) is 1.68. The molecular weight excluding hydrogens is 498 g/mol. The first-order valence-corrected chi connectivity index (χ1v) is 14.3. The Morgan fingerprint density at radius 1 is 0.950 bits per heavy atom. The number of nitrogen functional groups attached to an aromatic ring is 1. The zero-order chi connectivity index (χ0) is 27.5. The van der Waals surface area contributed by atoms with E-state index in [1.165, 1.54) is 18.4 Å². The monoisotopic (exact) mass is 535 g/mol. The third kappa shape index (κ3) is 5.47. The molecule has 0 aliphatic carbocycles. The van der Waals surface area contributed by atoms with E-state index in [-0.39, 0.29) is 12.1 Å². The predicted octanol–water partition coefficient (Wildman–Crippen LogP) is 5.81. The Labute approximate surface area is 235 Å². The van der Waals surface area contributed by atoms with Crippen LogP contribution in [0.2, 0.25) is 0 Å². The molecule has 0 saturated carbocycles. The summed E-state index contributed by atoms with van der Waals surface area (Å²) in [6, 6.07) is 24.1. The van der Waals surface area contributed by atoms with E-state index in [2.05, 4.69) is 39.4 Å². The highest BCUT2D eigenvalue weighted by atomic mass is 16.5. The number of ether oxygens (including phenoxy) is 1. The van der Waals surface area contributed by atoms with E-state index < -0.39 is 0 Å². The Morgan fingerprint density at radius 2 is 1.70 bits per heavy atom. The van der Waals surface area contributed by atoms with Gasteiger partial charge in [-0.05, 0) is 91.3 Å². The molecule has 4 aromatic rings. The molecule has 1 amide bonds. The number of hydrogen-bond acceptors (Lipinski definition) is 6. The van der Waals surface area contributed by atoms with Crippen molar-refractivity contribution in [3.63, 3.8) is 0 Å². The molecule has 2 saturated heterocycles. The number of carbonyl (C=O) groups is 1. The van der Waals surface area contributed by atoms with Gasteiger partial charge in [0.2, 0.25) is 0 Å². The normalized spacial score (nSPS) is 17.4. The summed E-state index contributed by atoms with van der Waals surface area (Å²) in [5.41, 5.74) is 11.5. The number of amides is 1. The molecule has 3 aromatic carbocycles. The fourth-order valence-electron chi connectivity index (χ4n) is 6.04. The minimum atomic E-state index is 0.0921. The minimum Gasteiger partial charge on any atom is -0.497 e. The molecule has 3 heterocycles. The Morgan fingerprint density at radius 3 is 2.45 bits per heavy atom. The van der Waals surface area contributed by atoms with Gasteiger partial charge in [-0.15, -0.1) is 0 Å². The number of aromatic nitrogens is 1. The molecule has 1 aromatic heterocycles. The van der Waals surface area contributed by atoms with Gasteiger partial charge in [0.1, 0.15) is 11.6 Å². The van der Waals surface area contributed by atoms with Gasteiger partial charge in [0, 0.05) is 37.3 Å². The predicted molar refractivity (Wildman–Crippen MR) is 162 cm³/mol. The number of anilines is 2. The van der Waals surface area contributed by atoms with Crippen LogP contribution in [0, 0.1) is 0 Å². The highest BCUT2D eigenvalue weighted by Gasteiger charge is 2.35. The first kappa shape index (κ1) is 26.1. The topological polar surface area (TPSA) is 83.7 Å². The molecular formula is C33H37N5O2. The third-order valence-electron chi connectivity index (χ3n) is 8.21. The van der Waals surface area contributed by atoms with Crippen LogP contribution in [0.1, 0.15) is 41.6 Å². The molecule has 7 nitrogen and oxygen atoms in total. The molecule has 40 heavy (non-hydrogen) atoms. The summed E-state index contributed by atoms with van der Waals surface area (Å²) in [6.07, 6.45) is 5.53. The number of likely N-dealkylation sites (tertiary alicyclic amines) is 2. The number of benzene rings is 3. The van der Waals surface area contributed by atoms with Crippen molar-refractivity contribution in [2.24, 2.45) is 0 Å². The number of pyridine rings is 1. The molecule has 1 unspecified atom stereocenters. The van der Waals surface area contributed by atoms with Crippen LogP contribution in [-0.4, -0.2) is 60.1 Å². The number of nitrogens with two attached hydrogens (primary N) is 1. The van der Waals surface area contributed by atoms with E-state index in [9.17, 15) is 4.79 Å². The van der Waals surface area contributed by atoms with Crippen molar-refractivity contribution in [2.75, 3.05) is 44.3 Å². The molecule has 0 bridgehead atoms. The molecule has 2 fully saturated rings. The molecule has 2 aliphatic heterocycles. The molecule has 206 valence electrons. The summed E-state index contributed by atoms with van der Waals surface area (Å²) in [4.78, 5) is 23.7. The van der Waals surface area contributed by atoms with Crippen LogP contribution in [0.5, 0.6) is 5.75 Å². The van der Waals surface area contributed by atoms with Crippen LogP contribution >= 0.6 is 0 Å². The zero-order valence-corrected chi connectivity index (χ0v) is 23.1. The van der Waals surface area contributed by atoms with Crippen LogP contribution in [0.25, 0.3) is 22.0 Å². The van der Waals surface area contributed by atoms with Gasteiger partial charge in [0.05, 0.1) is 24.4 Å². The van der Waals surface area contributed by atoms with Crippen molar-refractivity contribution < 1.29 is 9.53 Å². The van der Waals surface area contributed by atoms with Crippen molar-refractivity contribution >= 4 is 28.3 Å². The van der Waals surface area contributed by atoms with Gasteiger partial charge in [0.15, 0.2) is 0 Å². The fraction of sp³-hybridized carbons (Fsp3) is 0.333. The number of methoxy groups -OCH3 is 1. The number of rotatable bonds is 8. The number of hydrogen-bond donors (Lipinski definition) is 2. The van der Waals surface area contributed by atoms with Crippen molar-refractivity contribution in [1.82, 2.24) is 14.8 Å². The summed E-state index contributed by atoms with van der Waals surface area (Å²) in [5.74, 6) is 1.67. The van der Waals surface area contributed by atoms with Gasteiger partial charge >= 0.3 is 0 Å². The van der Waals surface area contributed by atoms with E-state index >= 15 is 0 Å². The van der Waals surface area contributed by atoms with E-state index in [1.807, 2.05) is 48.5 Å². The highest BCUT2D eigenvalue weighted by Crippen LogP contribution is 2.32. The second-order valence-electron chi connectivity index (χ2n) is 10.8. The Bertz CT molecular complexity index is 1480. The molecule has 1 atom stereocenters. The van der Waals surface area contributed by atoms with Crippen LogP contribution in [0.15, 0.2) is 72.8 Å². The van der Waals surface area contributed by atoms with Crippen LogP contribution in [-0.2, 0) is 6.42 Å². The quantitative estimate of drug-likeness (QED) is 0.277. The van der Waals surface area contributed by atoms with Gasteiger partial charge in [-0.3, -0.25) is 9.69 Å². The van der Waals surface area contributed by atoms with Gasteiger partial charge in [-0.25, -0.2) is 4.98 Å². The molecule has 3 N–H and O–H groups in total. The van der Waals surface area contributed by atoms with E-state index in [0.29, 0.717) is 12.1 Å². The molecule has 0 radical (unpaired) electrons. The van der Waals surface area contributed by atoms with E-state index in [1.54, 1.807) is 7.11 Å². The molecule has 2 aliphatic rings. The lowest BCUT2D eigenvalue weighted by Crippen LogP contribution is -2.46. The lowest BCUT2D eigenvalue weighted by atomic mass is 10.00. The largest absolute Gasteiger partial charge is 0.497 e. The lowest BCUT2D eigenvalue weighted by molar-refractivity contribution is 0.0533. The third-order valence-corrected chi connectivity index (χ3v) is 8.21. The van der Waals surface area contributed by atoms with Crippen LogP contribution < -0.4 is 15.8 Å². The highest BCUT2D eigenvalue weighted by molar-refractivity contribution is 6.08. The lowest BCUT2D eigenvalue weighted by Gasteiger charge is -2.32. The first-order chi connectivity index (χ1) is 19.6. The Kier molecular flexibility index (Phi) is 7.55. The zero-order valence-electron chi connectivity index (χ0n) is 23.1. The number of carbonyl (C=O) groups excluding carboxylic acids is 1. The number of fused-ring (bicyclic) bond motifs is 1. The smallest absolute Gasteiger partial charge is 0.255 e. The van der Waals surface area contributed by atoms with E-state index in [4.69, 9.17) is 15.5 Å². The average molecular weight is 536 g/mol. The van der Waals surface area contributed by atoms with Gasteiger partial charge in [0.25, 0.3) is 5.91 Å². The second kappa shape index (κ2) is 11.6. The standard InChI is InChI=1S/C33H37N5O2/c1-40-27-13-6-23(7-14-27)16-17-35-31-22-29(33(39)38-20-4-5-32(38)37-18-2-3-19-37)28-21-25(10-15-30(28)36-31)24-8-11-26(34)12-9-24/h6-15,21-22,32H,2-5,16-20,34H2,1H3,(H,35,36). The van der Waals surface area contributed by atoms with Crippen molar-refractivity contribution in [3.05, 3.63) is 83.9 Å². The summed E-state index contributed by atoms with van der Waals surface area (Å²) in [5, 5.41) is 4.36. The Balaban J connectivity index is 1.32. The average Bonchev–Trinajstić information content (AvgIpc) is 3.70. The SMILES string of the molecule is COc1ccc(CCNc2cc(C(=O)N3CCCC3N3CCCC3)c3cc(-c4ccc(N)cc4)ccc3n2)cc1. The summed E-state index contributed by atoms with van der Waals surface area (Å²) < 4.78 is 5.27. The number of nitrogens with zero attached hydrogens (tertiary/aromatic N) is 3. The summed E-state index contributed by atoms with van der Waals surface area (Å²) in [6.45, 7) is 3.65. The van der Waals surface area contributed by atoms with Crippen LogP contribution in [0.4, 0.5) is 11.5 Å². The maximum atomic E-state index is 14.2. The fourth-order valence-corrected chi connectivity index (χ4v) is 6.04. The molecule has 0 spiro atoms. The second-order valence-corrected chi connectivity index (χ2v) is 10.8. The minimum absolute atomic E-state index is 0.0921.